The molecule has 8 nitrogen and oxygen atoms in total. The van der Waals surface area contributed by atoms with E-state index in [2.05, 4.69) is 11.9 Å². The van der Waals surface area contributed by atoms with Crippen LogP contribution in [0.2, 0.25) is 0 Å². The maximum absolute atomic E-state index is 13.0. The number of aromatic nitrogens is 1. The zero-order chi connectivity index (χ0) is 20.1. The quantitative estimate of drug-likeness (QED) is 0.415. The average Bonchev–Trinajstić information content (AvgIpc) is 2.73. The Balaban J connectivity index is 1.74. The molecule has 0 bridgehead atoms. The van der Waals surface area contributed by atoms with E-state index >= 15 is 0 Å². The molecule has 0 saturated heterocycles. The van der Waals surface area contributed by atoms with E-state index in [1.165, 1.54) is 10.4 Å². The van der Waals surface area contributed by atoms with Gasteiger partial charge in [-0.15, -0.1) is 0 Å². The maximum atomic E-state index is 13.0. The number of nitrogens with one attached hydrogen (secondary N) is 1. The smallest absolute Gasteiger partial charge is 0.293 e. The number of unbranched alkanes of at least 4 members (excludes halogenated alkanes) is 1. The molecule has 1 aromatic carbocycles. The van der Waals surface area contributed by atoms with Crippen molar-refractivity contribution in [3.63, 3.8) is 0 Å². The zero-order valence-electron chi connectivity index (χ0n) is 15.6. The van der Waals surface area contributed by atoms with E-state index in [9.17, 15) is 13.2 Å². The van der Waals surface area contributed by atoms with E-state index in [4.69, 9.17) is 9.94 Å². The lowest BCUT2D eigenvalue weighted by Crippen LogP contribution is -2.36. The summed E-state index contributed by atoms with van der Waals surface area (Å²) in [6.45, 7) is 3.13. The summed E-state index contributed by atoms with van der Waals surface area (Å²) in [5.74, 6) is -0.0469. The molecule has 0 saturated carbocycles. The fourth-order valence-corrected chi connectivity index (χ4v) is 4.39. The summed E-state index contributed by atoms with van der Waals surface area (Å²) >= 11 is 0. The van der Waals surface area contributed by atoms with Crippen molar-refractivity contribution >= 4 is 15.9 Å². The fraction of sp³-hybridized carbons (Fsp3) is 0.368. The highest BCUT2D eigenvalue weighted by molar-refractivity contribution is 7.89. The van der Waals surface area contributed by atoms with E-state index in [-0.39, 0.29) is 23.7 Å². The number of fused-ring (bicyclic) bond motifs is 1. The van der Waals surface area contributed by atoms with Crippen LogP contribution in [0, 0.1) is 0 Å². The van der Waals surface area contributed by atoms with Crippen molar-refractivity contribution in [1.82, 2.24) is 14.8 Å². The van der Waals surface area contributed by atoms with Gasteiger partial charge in [0, 0.05) is 25.2 Å². The SMILES string of the molecule is CCCCOc1ccc(S(=O)(=O)N2CCc3nc(C(=O)NO)ccc3C2)cc1. The van der Waals surface area contributed by atoms with E-state index in [0.717, 1.165) is 18.4 Å². The van der Waals surface area contributed by atoms with Crippen molar-refractivity contribution in [3.05, 3.63) is 53.3 Å². The third-order valence-electron chi connectivity index (χ3n) is 4.58. The number of hydrogen-bond donors (Lipinski definition) is 2. The van der Waals surface area contributed by atoms with Crippen LogP contribution in [0.1, 0.15) is 41.5 Å². The molecule has 0 fully saturated rings. The summed E-state index contributed by atoms with van der Waals surface area (Å²) in [7, 11) is -3.65. The number of hydrogen-bond acceptors (Lipinski definition) is 6. The number of benzene rings is 1. The summed E-state index contributed by atoms with van der Waals surface area (Å²) in [6, 6.07) is 9.57. The van der Waals surface area contributed by atoms with Gasteiger partial charge in [0.1, 0.15) is 11.4 Å². The van der Waals surface area contributed by atoms with Crippen LogP contribution in [-0.4, -0.2) is 42.0 Å². The average molecular weight is 405 g/mol. The molecule has 0 atom stereocenters. The van der Waals surface area contributed by atoms with Crippen LogP contribution in [-0.2, 0) is 23.0 Å². The first kappa shape index (κ1) is 20.2. The van der Waals surface area contributed by atoms with Gasteiger partial charge in [-0.25, -0.2) is 18.9 Å². The predicted molar refractivity (Wildman–Crippen MR) is 102 cm³/mol. The van der Waals surface area contributed by atoms with Gasteiger partial charge >= 0.3 is 0 Å². The summed E-state index contributed by atoms with van der Waals surface area (Å²) in [5, 5.41) is 8.71. The fourth-order valence-electron chi connectivity index (χ4n) is 2.97. The molecule has 1 aliphatic rings. The standard InChI is InChI=1S/C19H23N3O5S/c1-2-3-12-27-15-5-7-16(8-6-15)28(25,26)22-11-10-17-14(13-22)4-9-18(20-17)19(23)21-24/h4-9,24H,2-3,10-13H2,1H3,(H,21,23). The van der Waals surface area contributed by atoms with Gasteiger partial charge in [0.05, 0.1) is 11.5 Å². The zero-order valence-corrected chi connectivity index (χ0v) is 16.4. The molecule has 0 spiro atoms. The van der Waals surface area contributed by atoms with Crippen LogP contribution in [0.15, 0.2) is 41.3 Å². The Morgan fingerprint density at radius 3 is 2.68 bits per heavy atom. The minimum atomic E-state index is -3.65. The maximum Gasteiger partial charge on any atom is 0.293 e. The van der Waals surface area contributed by atoms with E-state index in [0.29, 0.717) is 24.5 Å². The molecule has 0 aliphatic carbocycles. The first-order chi connectivity index (χ1) is 13.5. The van der Waals surface area contributed by atoms with Gasteiger partial charge in [-0.05, 0) is 42.3 Å². The molecule has 3 rings (SSSR count). The number of sulfonamides is 1. The number of carbonyl (C=O) groups excluding carboxylic acids is 1. The van der Waals surface area contributed by atoms with Crippen molar-refractivity contribution in [2.24, 2.45) is 0 Å². The van der Waals surface area contributed by atoms with Crippen molar-refractivity contribution in [1.29, 1.82) is 0 Å². The van der Waals surface area contributed by atoms with Crippen LogP contribution < -0.4 is 10.2 Å². The number of ether oxygens (including phenoxy) is 1. The van der Waals surface area contributed by atoms with Gasteiger partial charge in [0.15, 0.2) is 0 Å². The number of nitrogens with zero attached hydrogens (tertiary/aromatic N) is 2. The lowest BCUT2D eigenvalue weighted by atomic mass is 10.1. The number of rotatable bonds is 7. The van der Waals surface area contributed by atoms with Crippen molar-refractivity contribution in [2.75, 3.05) is 13.2 Å². The molecule has 0 radical (unpaired) electrons. The Kier molecular flexibility index (Phi) is 6.28. The van der Waals surface area contributed by atoms with Crippen LogP contribution in [0.3, 0.4) is 0 Å². The second-order valence-electron chi connectivity index (χ2n) is 6.51. The monoisotopic (exact) mass is 405 g/mol. The van der Waals surface area contributed by atoms with Gasteiger partial charge < -0.3 is 4.74 Å². The lowest BCUT2D eigenvalue weighted by molar-refractivity contribution is 0.0700. The molecule has 150 valence electrons. The van der Waals surface area contributed by atoms with Crippen LogP contribution in [0.5, 0.6) is 5.75 Å². The molecule has 28 heavy (non-hydrogen) atoms. The number of carbonyl (C=O) groups is 1. The highest BCUT2D eigenvalue weighted by Gasteiger charge is 2.29. The van der Waals surface area contributed by atoms with E-state index < -0.39 is 15.9 Å². The molecule has 2 N–H and O–H groups in total. The minimum absolute atomic E-state index is 0.0937. The van der Waals surface area contributed by atoms with E-state index in [1.807, 2.05) is 0 Å². The van der Waals surface area contributed by atoms with Crippen molar-refractivity contribution in [2.45, 2.75) is 37.6 Å². The van der Waals surface area contributed by atoms with Gasteiger partial charge in [-0.3, -0.25) is 10.0 Å². The molecule has 1 amide bonds. The molecular weight excluding hydrogens is 382 g/mol. The first-order valence-corrected chi connectivity index (χ1v) is 10.6. The molecule has 9 heteroatoms. The third-order valence-corrected chi connectivity index (χ3v) is 6.43. The Bertz CT molecular complexity index is 945. The molecule has 2 aromatic rings. The molecular formula is C19H23N3O5S. The highest BCUT2D eigenvalue weighted by Crippen LogP contribution is 2.25. The second-order valence-corrected chi connectivity index (χ2v) is 8.44. The summed E-state index contributed by atoms with van der Waals surface area (Å²) in [4.78, 5) is 15.9. The van der Waals surface area contributed by atoms with Crippen LogP contribution in [0.25, 0.3) is 0 Å². The van der Waals surface area contributed by atoms with Gasteiger partial charge in [0.2, 0.25) is 10.0 Å². The minimum Gasteiger partial charge on any atom is -0.494 e. The van der Waals surface area contributed by atoms with Gasteiger partial charge in [-0.2, -0.15) is 4.31 Å². The van der Waals surface area contributed by atoms with Gasteiger partial charge in [-0.1, -0.05) is 19.4 Å². The summed E-state index contributed by atoms with van der Waals surface area (Å²) in [6.07, 6.45) is 2.37. The summed E-state index contributed by atoms with van der Waals surface area (Å²) in [5.41, 5.74) is 3.04. The third kappa shape index (κ3) is 4.32. The van der Waals surface area contributed by atoms with Gasteiger partial charge in [0.25, 0.3) is 5.91 Å². The molecule has 1 aliphatic heterocycles. The van der Waals surface area contributed by atoms with E-state index in [1.54, 1.807) is 35.8 Å². The highest BCUT2D eigenvalue weighted by atomic mass is 32.2. The Morgan fingerprint density at radius 1 is 1.25 bits per heavy atom. The lowest BCUT2D eigenvalue weighted by Gasteiger charge is -2.27. The Labute approximate surface area is 164 Å². The number of pyridine rings is 1. The van der Waals surface area contributed by atoms with Crippen LogP contribution in [0.4, 0.5) is 0 Å². The molecule has 1 aromatic heterocycles. The Hall–Kier alpha value is -2.49. The first-order valence-electron chi connectivity index (χ1n) is 9.12. The molecule has 2 heterocycles. The van der Waals surface area contributed by atoms with Crippen molar-refractivity contribution < 1.29 is 23.2 Å². The predicted octanol–water partition coefficient (Wildman–Crippen LogP) is 2.13. The second kappa shape index (κ2) is 8.68. The largest absolute Gasteiger partial charge is 0.494 e. The number of amides is 1. The van der Waals surface area contributed by atoms with Crippen LogP contribution >= 0.6 is 0 Å². The normalized spacial score (nSPS) is 14.4. The number of hydroxylamine groups is 1. The topological polar surface area (TPSA) is 109 Å². The summed E-state index contributed by atoms with van der Waals surface area (Å²) < 4.78 is 32.9. The van der Waals surface area contributed by atoms with Crippen molar-refractivity contribution in [3.8, 4) is 5.75 Å². The molecule has 0 unspecified atom stereocenters. The Morgan fingerprint density at radius 2 is 2.00 bits per heavy atom.